The molecule has 0 atom stereocenters. The fourth-order valence-electron chi connectivity index (χ4n) is 3.25. The summed E-state index contributed by atoms with van der Waals surface area (Å²) in [5, 5.41) is 0. The molecule has 0 saturated carbocycles. The van der Waals surface area contributed by atoms with E-state index in [4.69, 9.17) is 0 Å². The Morgan fingerprint density at radius 1 is 0.429 bits per heavy atom. The Balaban J connectivity index is 3.28. The van der Waals surface area contributed by atoms with Gasteiger partial charge in [0.05, 0.1) is 0 Å². The van der Waals surface area contributed by atoms with Crippen LogP contribution in [-0.2, 0) is 0 Å². The molecule has 0 nitrogen and oxygen atoms in total. The summed E-state index contributed by atoms with van der Waals surface area (Å²) in [6, 6.07) is 0. The zero-order valence-corrected chi connectivity index (χ0v) is 15.8. The van der Waals surface area contributed by atoms with E-state index in [0.29, 0.717) is 5.41 Å². The van der Waals surface area contributed by atoms with Crippen molar-refractivity contribution in [3.05, 3.63) is 0 Å². The third-order valence-corrected chi connectivity index (χ3v) is 4.91. The largest absolute Gasteiger partial charge is 0.0654 e. The highest BCUT2D eigenvalue weighted by molar-refractivity contribution is 4.68. The van der Waals surface area contributed by atoms with Crippen LogP contribution in [0.15, 0.2) is 0 Å². The first-order valence-electron chi connectivity index (χ1n) is 10.1. The van der Waals surface area contributed by atoms with Crippen molar-refractivity contribution in [3.8, 4) is 0 Å². The van der Waals surface area contributed by atoms with Gasteiger partial charge in [-0.1, -0.05) is 118 Å². The first kappa shape index (κ1) is 21.0. The molecule has 0 aliphatic carbocycles. The summed E-state index contributed by atoms with van der Waals surface area (Å²) in [5.41, 5.74) is 0.591. The first-order chi connectivity index (χ1) is 10.1. The van der Waals surface area contributed by atoms with Crippen molar-refractivity contribution in [1.29, 1.82) is 0 Å². The van der Waals surface area contributed by atoms with Crippen LogP contribution in [0.4, 0.5) is 0 Å². The molecule has 0 saturated heterocycles. The van der Waals surface area contributed by atoms with E-state index in [1.165, 1.54) is 103 Å². The van der Waals surface area contributed by atoms with Gasteiger partial charge >= 0.3 is 0 Å². The lowest BCUT2D eigenvalue weighted by Gasteiger charge is -2.24. The lowest BCUT2D eigenvalue weighted by molar-refractivity contribution is 0.282. The van der Waals surface area contributed by atoms with Crippen LogP contribution in [-0.4, -0.2) is 0 Å². The minimum absolute atomic E-state index is 0.591. The van der Waals surface area contributed by atoms with Gasteiger partial charge in [0.2, 0.25) is 0 Å². The van der Waals surface area contributed by atoms with E-state index in [0.717, 1.165) is 0 Å². The molecule has 0 heteroatoms. The molecule has 0 aromatic heterocycles. The lowest BCUT2D eigenvalue weighted by atomic mass is 9.82. The standard InChI is InChI=1S/C21H44/c1-5-7-9-11-12-13-14-15-16-18-20-21(3,4)19-17-10-8-6-2/h5-20H2,1-4H3. The number of rotatable bonds is 16. The van der Waals surface area contributed by atoms with Gasteiger partial charge in [0.25, 0.3) is 0 Å². The molecule has 0 aromatic carbocycles. The predicted molar refractivity (Wildman–Crippen MR) is 99.0 cm³/mol. The van der Waals surface area contributed by atoms with E-state index in [1.807, 2.05) is 0 Å². The van der Waals surface area contributed by atoms with Gasteiger partial charge in [0, 0.05) is 0 Å². The molecule has 0 aliphatic rings. The van der Waals surface area contributed by atoms with Crippen LogP contribution in [0, 0.1) is 5.41 Å². The van der Waals surface area contributed by atoms with Gasteiger partial charge in [0.15, 0.2) is 0 Å². The van der Waals surface area contributed by atoms with Crippen LogP contribution in [0.25, 0.3) is 0 Å². The molecule has 0 unspecified atom stereocenters. The first-order valence-corrected chi connectivity index (χ1v) is 10.1. The predicted octanol–water partition coefficient (Wildman–Crippen LogP) is 8.29. The molecule has 0 bridgehead atoms. The molecule has 0 amide bonds. The summed E-state index contributed by atoms with van der Waals surface area (Å²) in [7, 11) is 0. The third-order valence-electron chi connectivity index (χ3n) is 4.91. The Morgan fingerprint density at radius 3 is 1.10 bits per heavy atom. The van der Waals surface area contributed by atoms with Crippen molar-refractivity contribution < 1.29 is 0 Å². The number of unbranched alkanes of at least 4 members (excludes halogenated alkanes) is 12. The van der Waals surface area contributed by atoms with Crippen LogP contribution in [0.1, 0.15) is 130 Å². The van der Waals surface area contributed by atoms with E-state index in [-0.39, 0.29) is 0 Å². The van der Waals surface area contributed by atoms with Gasteiger partial charge < -0.3 is 0 Å². The summed E-state index contributed by atoms with van der Waals surface area (Å²) >= 11 is 0. The smallest absolute Gasteiger partial charge is 0.0354 e. The Morgan fingerprint density at radius 2 is 0.714 bits per heavy atom. The Labute approximate surface area is 136 Å². The van der Waals surface area contributed by atoms with Gasteiger partial charge in [-0.3, -0.25) is 0 Å². The average Bonchev–Trinajstić information content (AvgIpc) is 2.45. The van der Waals surface area contributed by atoms with E-state index in [9.17, 15) is 0 Å². The summed E-state index contributed by atoms with van der Waals surface area (Å²) < 4.78 is 0. The fraction of sp³-hybridized carbons (Fsp3) is 1.00. The van der Waals surface area contributed by atoms with Crippen molar-refractivity contribution in [2.24, 2.45) is 5.41 Å². The molecule has 0 spiro atoms. The van der Waals surface area contributed by atoms with Crippen molar-refractivity contribution in [3.63, 3.8) is 0 Å². The van der Waals surface area contributed by atoms with Crippen molar-refractivity contribution >= 4 is 0 Å². The van der Waals surface area contributed by atoms with E-state index in [1.54, 1.807) is 0 Å². The molecule has 0 fully saturated rings. The minimum atomic E-state index is 0.591. The molecular weight excluding hydrogens is 252 g/mol. The normalized spacial score (nSPS) is 12.0. The SMILES string of the molecule is CCCCCCCCCCCCC(C)(C)CCCCCC. The Bertz CT molecular complexity index is 192. The highest BCUT2D eigenvalue weighted by Gasteiger charge is 2.16. The lowest BCUT2D eigenvalue weighted by Crippen LogP contribution is -2.11. The van der Waals surface area contributed by atoms with Gasteiger partial charge in [0.1, 0.15) is 0 Å². The molecule has 128 valence electrons. The third kappa shape index (κ3) is 16.2. The summed E-state index contributed by atoms with van der Waals surface area (Å²) in [6.07, 6.45) is 23.1. The highest BCUT2D eigenvalue weighted by atomic mass is 14.2. The van der Waals surface area contributed by atoms with Crippen molar-refractivity contribution in [2.75, 3.05) is 0 Å². The van der Waals surface area contributed by atoms with Crippen molar-refractivity contribution in [2.45, 2.75) is 130 Å². The molecule has 21 heavy (non-hydrogen) atoms. The Kier molecular flexibility index (Phi) is 14.9. The van der Waals surface area contributed by atoms with Gasteiger partial charge in [-0.15, -0.1) is 0 Å². The molecule has 0 N–H and O–H groups in total. The topological polar surface area (TPSA) is 0 Å². The van der Waals surface area contributed by atoms with Crippen LogP contribution < -0.4 is 0 Å². The van der Waals surface area contributed by atoms with Gasteiger partial charge in [-0.05, 0) is 18.3 Å². The number of hydrogen-bond acceptors (Lipinski definition) is 0. The van der Waals surface area contributed by atoms with Crippen LogP contribution >= 0.6 is 0 Å². The summed E-state index contributed by atoms with van der Waals surface area (Å²) in [6.45, 7) is 9.56. The monoisotopic (exact) mass is 296 g/mol. The summed E-state index contributed by atoms with van der Waals surface area (Å²) in [4.78, 5) is 0. The molecule has 0 heterocycles. The molecular formula is C21H44. The van der Waals surface area contributed by atoms with Crippen LogP contribution in [0.3, 0.4) is 0 Å². The van der Waals surface area contributed by atoms with Crippen molar-refractivity contribution in [1.82, 2.24) is 0 Å². The van der Waals surface area contributed by atoms with Crippen LogP contribution in [0.5, 0.6) is 0 Å². The molecule has 0 radical (unpaired) electrons. The van der Waals surface area contributed by atoms with Gasteiger partial charge in [-0.2, -0.15) is 0 Å². The molecule has 0 aromatic rings. The Hall–Kier alpha value is 0. The second kappa shape index (κ2) is 14.9. The number of hydrogen-bond donors (Lipinski definition) is 0. The molecule has 0 aliphatic heterocycles. The zero-order valence-electron chi connectivity index (χ0n) is 15.8. The maximum atomic E-state index is 2.48. The van der Waals surface area contributed by atoms with E-state index < -0.39 is 0 Å². The van der Waals surface area contributed by atoms with E-state index >= 15 is 0 Å². The summed E-state index contributed by atoms with van der Waals surface area (Å²) in [5.74, 6) is 0. The second-order valence-corrected chi connectivity index (χ2v) is 7.91. The molecule has 0 rings (SSSR count). The van der Waals surface area contributed by atoms with E-state index in [2.05, 4.69) is 27.7 Å². The average molecular weight is 297 g/mol. The maximum absolute atomic E-state index is 2.48. The highest BCUT2D eigenvalue weighted by Crippen LogP contribution is 2.30. The quantitative estimate of drug-likeness (QED) is 0.251. The van der Waals surface area contributed by atoms with Gasteiger partial charge in [-0.25, -0.2) is 0 Å². The second-order valence-electron chi connectivity index (χ2n) is 7.91. The minimum Gasteiger partial charge on any atom is -0.0654 e. The fourth-order valence-corrected chi connectivity index (χ4v) is 3.25. The maximum Gasteiger partial charge on any atom is -0.0354 e. The van der Waals surface area contributed by atoms with Crippen LogP contribution in [0.2, 0.25) is 0 Å². The zero-order chi connectivity index (χ0) is 15.8.